The zero-order valence-corrected chi connectivity index (χ0v) is 14.1. The van der Waals surface area contributed by atoms with Gasteiger partial charge in [-0.2, -0.15) is 0 Å². The van der Waals surface area contributed by atoms with Crippen molar-refractivity contribution in [2.75, 3.05) is 0 Å². The van der Waals surface area contributed by atoms with E-state index >= 15 is 0 Å². The first kappa shape index (κ1) is 12.4. The van der Waals surface area contributed by atoms with E-state index in [1.807, 2.05) is 0 Å². The van der Waals surface area contributed by atoms with Crippen molar-refractivity contribution >= 4 is 38.0 Å². The Morgan fingerprint density at radius 1 is 0.929 bits per heavy atom. The molecule has 0 nitrogen and oxygen atoms in total. The molecule has 70 valence electrons. The summed E-state index contributed by atoms with van der Waals surface area (Å²) in [6, 6.07) is 14.9. The number of halogens is 2. The Kier molecular flexibility index (Phi) is 5.92. The minimum atomic E-state index is -0.250. The van der Waals surface area contributed by atoms with Gasteiger partial charge in [-0.15, -0.1) is 0 Å². The first-order valence-corrected chi connectivity index (χ1v) is 18.2. The third kappa shape index (κ3) is 3.80. The molecular formula is C11H10Br2Zn. The molecule has 2 aromatic carbocycles. The van der Waals surface area contributed by atoms with Crippen molar-refractivity contribution in [3.63, 3.8) is 0 Å². The second kappa shape index (κ2) is 6.71. The van der Waals surface area contributed by atoms with Gasteiger partial charge in [0.25, 0.3) is 0 Å². The molecule has 0 atom stereocenters. The zero-order chi connectivity index (χ0) is 10.4. The third-order valence-corrected chi connectivity index (χ3v) is 1.90. The number of fused-ring (bicyclic) bond motifs is 1. The maximum absolute atomic E-state index is 3.25. The van der Waals surface area contributed by atoms with Gasteiger partial charge in [0.05, 0.1) is 0 Å². The molecular weight excluding hydrogens is 357 g/mol. The summed E-state index contributed by atoms with van der Waals surface area (Å²) in [6.45, 7) is 2.12. The average molecular weight is 367 g/mol. The summed E-state index contributed by atoms with van der Waals surface area (Å²) in [6.07, 6.45) is 0. The van der Waals surface area contributed by atoms with Crippen LogP contribution in [0.4, 0.5) is 0 Å². The molecule has 0 unspecified atom stereocenters. The molecule has 0 aliphatic rings. The molecule has 14 heavy (non-hydrogen) atoms. The summed E-state index contributed by atoms with van der Waals surface area (Å²) in [5.41, 5.74) is 1.32. The molecule has 0 aliphatic heterocycles. The molecule has 0 radical (unpaired) electrons. The number of hydrogen-bond acceptors (Lipinski definition) is 0. The Morgan fingerprint density at radius 3 is 2.14 bits per heavy atom. The maximum atomic E-state index is 3.25. The van der Waals surface area contributed by atoms with E-state index < -0.39 is 0 Å². The van der Waals surface area contributed by atoms with Gasteiger partial charge in [0.15, 0.2) is 0 Å². The van der Waals surface area contributed by atoms with E-state index in [-0.39, 0.29) is 13.2 Å². The van der Waals surface area contributed by atoms with Crippen molar-refractivity contribution < 1.29 is 13.2 Å². The molecule has 3 heteroatoms. The first-order chi connectivity index (χ1) is 6.77. The standard InChI is InChI=1S/C11H10.2BrH.Zn/c1-9-6-7-10-4-2-3-5-11(10)8-9;;;/h2-8H,1H3;2*1H;/q;;;+2/p-2. The van der Waals surface area contributed by atoms with E-state index in [1.165, 1.54) is 16.3 Å². The van der Waals surface area contributed by atoms with Crippen LogP contribution in [-0.4, -0.2) is 0 Å². The molecule has 0 fully saturated rings. The van der Waals surface area contributed by atoms with Crippen LogP contribution in [0.25, 0.3) is 10.8 Å². The molecule has 0 spiro atoms. The predicted octanol–water partition coefficient (Wildman–Crippen LogP) is 4.84. The molecule has 2 rings (SSSR count). The second-order valence-corrected chi connectivity index (χ2v) is 17.0. The van der Waals surface area contributed by atoms with E-state index in [0.29, 0.717) is 0 Å². The van der Waals surface area contributed by atoms with E-state index in [1.54, 1.807) is 0 Å². The van der Waals surface area contributed by atoms with Crippen LogP contribution in [0.1, 0.15) is 5.56 Å². The van der Waals surface area contributed by atoms with Gasteiger partial charge >= 0.3 is 40.5 Å². The van der Waals surface area contributed by atoms with Crippen molar-refractivity contribution in [1.29, 1.82) is 0 Å². The van der Waals surface area contributed by atoms with Gasteiger partial charge in [0, 0.05) is 0 Å². The summed E-state index contributed by atoms with van der Waals surface area (Å²) < 4.78 is 0. The second-order valence-electron chi connectivity index (χ2n) is 2.95. The van der Waals surface area contributed by atoms with Gasteiger partial charge in [-0.25, -0.2) is 0 Å². The van der Waals surface area contributed by atoms with Crippen molar-refractivity contribution in [1.82, 2.24) is 0 Å². The van der Waals surface area contributed by atoms with Crippen LogP contribution in [0, 0.1) is 6.92 Å². The van der Waals surface area contributed by atoms with Crippen LogP contribution in [0.3, 0.4) is 0 Å². The summed E-state index contributed by atoms with van der Waals surface area (Å²) >= 11 is 6.25. The molecule has 0 aromatic heterocycles. The van der Waals surface area contributed by atoms with Crippen molar-refractivity contribution in [2.45, 2.75) is 6.92 Å². The normalized spacial score (nSPS) is 8.79. The summed E-state index contributed by atoms with van der Waals surface area (Å²) in [5.74, 6) is 0. The number of hydrogen-bond donors (Lipinski definition) is 0. The fourth-order valence-electron chi connectivity index (χ4n) is 1.31. The molecule has 2 aromatic rings. The molecule has 0 N–H and O–H groups in total. The Morgan fingerprint density at radius 2 is 1.50 bits per heavy atom. The number of rotatable bonds is 0. The first-order valence-electron chi connectivity index (χ1n) is 4.35. The Hall–Kier alpha value is 0.283. The van der Waals surface area contributed by atoms with Gasteiger partial charge in [0.1, 0.15) is 0 Å². The fourth-order valence-corrected chi connectivity index (χ4v) is 1.31. The number of aryl methyl sites for hydroxylation is 1. The van der Waals surface area contributed by atoms with Crippen LogP contribution in [0.2, 0.25) is 0 Å². The topological polar surface area (TPSA) is 0 Å². The van der Waals surface area contributed by atoms with Gasteiger partial charge in [-0.1, -0.05) is 48.0 Å². The van der Waals surface area contributed by atoms with Crippen molar-refractivity contribution in [3.05, 3.63) is 48.0 Å². The minimum absolute atomic E-state index is 0.250. The Bertz CT molecular complexity index is 401. The zero-order valence-electron chi connectivity index (χ0n) is 8.00. The van der Waals surface area contributed by atoms with Crippen LogP contribution in [-0.2, 0) is 13.2 Å². The SMILES string of the molecule is Cc1ccc2ccccc2c1.[Br][Zn][Br]. The van der Waals surface area contributed by atoms with Crippen LogP contribution >= 0.6 is 27.2 Å². The van der Waals surface area contributed by atoms with Gasteiger partial charge in [-0.05, 0) is 17.7 Å². The van der Waals surface area contributed by atoms with Crippen molar-refractivity contribution in [2.24, 2.45) is 0 Å². The quantitative estimate of drug-likeness (QED) is 0.585. The summed E-state index contributed by atoms with van der Waals surface area (Å²) in [4.78, 5) is 0. The summed E-state index contributed by atoms with van der Waals surface area (Å²) in [7, 11) is 0. The molecule has 0 heterocycles. The molecule has 0 saturated carbocycles. The monoisotopic (exact) mass is 364 g/mol. The molecule has 0 bridgehead atoms. The van der Waals surface area contributed by atoms with Crippen LogP contribution < -0.4 is 0 Å². The Balaban J connectivity index is 0.000000293. The van der Waals surface area contributed by atoms with E-state index in [4.69, 9.17) is 0 Å². The third-order valence-electron chi connectivity index (χ3n) is 1.90. The van der Waals surface area contributed by atoms with Gasteiger partial charge in [0.2, 0.25) is 0 Å². The van der Waals surface area contributed by atoms with Gasteiger partial charge in [-0.3, -0.25) is 0 Å². The van der Waals surface area contributed by atoms with E-state index in [9.17, 15) is 0 Å². The van der Waals surface area contributed by atoms with Gasteiger partial charge < -0.3 is 0 Å². The molecule has 0 aliphatic carbocycles. The molecule has 0 saturated heterocycles. The average Bonchev–Trinajstić information content (AvgIpc) is 2.19. The van der Waals surface area contributed by atoms with E-state index in [0.717, 1.165) is 0 Å². The summed E-state index contributed by atoms with van der Waals surface area (Å²) in [5, 5.41) is 2.64. The predicted molar refractivity (Wildman–Crippen MR) is 66.5 cm³/mol. The molecule has 0 amide bonds. The van der Waals surface area contributed by atoms with Crippen molar-refractivity contribution in [3.8, 4) is 0 Å². The Labute approximate surface area is 105 Å². The number of benzene rings is 2. The van der Waals surface area contributed by atoms with E-state index in [2.05, 4.69) is 76.6 Å². The fraction of sp³-hybridized carbons (Fsp3) is 0.0909. The van der Waals surface area contributed by atoms with Crippen LogP contribution in [0.15, 0.2) is 42.5 Å². The van der Waals surface area contributed by atoms with Crippen LogP contribution in [0.5, 0.6) is 0 Å².